The first kappa shape index (κ1) is 23.3. The summed E-state index contributed by atoms with van der Waals surface area (Å²) in [5, 5.41) is 5.87. The van der Waals surface area contributed by atoms with Crippen LogP contribution < -0.4 is 15.4 Å². The minimum atomic E-state index is -0.171. The van der Waals surface area contributed by atoms with Gasteiger partial charge in [-0.2, -0.15) is 11.8 Å². The molecule has 2 aromatic rings. The molecule has 0 spiro atoms. The van der Waals surface area contributed by atoms with Gasteiger partial charge in [0.2, 0.25) is 0 Å². The van der Waals surface area contributed by atoms with Gasteiger partial charge in [0.15, 0.2) is 0 Å². The molecular weight excluding hydrogens is 428 g/mol. The number of benzene rings is 2. The summed E-state index contributed by atoms with van der Waals surface area (Å²) in [5.74, 6) is 2.73. The molecule has 2 aromatic carbocycles. The second kappa shape index (κ2) is 11.9. The summed E-state index contributed by atoms with van der Waals surface area (Å²) in [4.78, 5) is 26.5. The van der Waals surface area contributed by atoms with Gasteiger partial charge in [-0.15, -0.1) is 0 Å². The van der Waals surface area contributed by atoms with E-state index in [1.165, 1.54) is 30.4 Å². The number of unbranched alkanes of at least 4 members (excludes halogenated alkanes) is 1. The summed E-state index contributed by atoms with van der Waals surface area (Å²) in [6.45, 7) is 2.85. The maximum Gasteiger partial charge on any atom is 0.262 e. The van der Waals surface area contributed by atoms with Crippen LogP contribution in [0.1, 0.15) is 42.1 Å². The summed E-state index contributed by atoms with van der Waals surface area (Å²) >= 11 is 3.34. The van der Waals surface area contributed by atoms with E-state index in [9.17, 15) is 9.59 Å². The molecule has 1 heterocycles. The summed E-state index contributed by atoms with van der Waals surface area (Å²) < 4.78 is 5.17. The molecule has 0 aliphatic carbocycles. The zero-order valence-corrected chi connectivity index (χ0v) is 19.5. The SMILES string of the molecule is CCCCSCCCNC(=O)c1ccc2c(c1)NC(=O)C(=Cc1ccc(OC)cc1)S2. The normalized spacial score (nSPS) is 14.1. The van der Waals surface area contributed by atoms with Crippen molar-refractivity contribution in [2.75, 3.05) is 30.5 Å². The summed E-state index contributed by atoms with van der Waals surface area (Å²) in [5.41, 5.74) is 2.15. The van der Waals surface area contributed by atoms with Crippen molar-refractivity contribution < 1.29 is 14.3 Å². The van der Waals surface area contributed by atoms with Crippen LogP contribution in [0.15, 0.2) is 52.3 Å². The average molecular weight is 457 g/mol. The Morgan fingerprint density at radius 1 is 1.16 bits per heavy atom. The number of thioether (sulfide) groups is 2. The molecule has 0 saturated heterocycles. The lowest BCUT2D eigenvalue weighted by molar-refractivity contribution is -0.112. The second-order valence-corrected chi connectivity index (χ2v) is 9.43. The summed E-state index contributed by atoms with van der Waals surface area (Å²) in [7, 11) is 1.62. The van der Waals surface area contributed by atoms with Gasteiger partial charge in [0.25, 0.3) is 11.8 Å². The topological polar surface area (TPSA) is 67.4 Å². The molecule has 3 rings (SSSR count). The van der Waals surface area contributed by atoms with Crippen LogP contribution in [0, 0.1) is 0 Å². The van der Waals surface area contributed by atoms with Gasteiger partial charge in [-0.3, -0.25) is 9.59 Å². The lowest BCUT2D eigenvalue weighted by atomic mass is 10.1. The summed E-state index contributed by atoms with van der Waals surface area (Å²) in [6.07, 6.45) is 5.27. The number of hydrogen-bond donors (Lipinski definition) is 2. The van der Waals surface area contributed by atoms with E-state index in [0.717, 1.165) is 28.4 Å². The molecular formula is C24H28N2O3S2. The molecule has 5 nitrogen and oxygen atoms in total. The molecule has 0 bridgehead atoms. The fraction of sp³-hybridized carbons (Fsp3) is 0.333. The minimum absolute atomic E-state index is 0.111. The molecule has 0 atom stereocenters. The van der Waals surface area contributed by atoms with E-state index in [1.54, 1.807) is 19.2 Å². The van der Waals surface area contributed by atoms with Gasteiger partial charge in [-0.1, -0.05) is 37.2 Å². The van der Waals surface area contributed by atoms with Crippen molar-refractivity contribution in [3.63, 3.8) is 0 Å². The van der Waals surface area contributed by atoms with Crippen LogP contribution in [-0.4, -0.2) is 37.0 Å². The van der Waals surface area contributed by atoms with Crippen molar-refractivity contribution >= 4 is 47.1 Å². The number of nitrogens with one attached hydrogen (secondary N) is 2. The first-order valence-electron chi connectivity index (χ1n) is 10.5. The van der Waals surface area contributed by atoms with E-state index in [2.05, 4.69) is 17.6 Å². The molecule has 0 saturated carbocycles. The first-order chi connectivity index (χ1) is 15.1. The van der Waals surface area contributed by atoms with E-state index >= 15 is 0 Å². The van der Waals surface area contributed by atoms with E-state index < -0.39 is 0 Å². The Bertz CT molecular complexity index is 942. The highest BCUT2D eigenvalue weighted by Gasteiger charge is 2.22. The van der Waals surface area contributed by atoms with E-state index in [0.29, 0.717) is 22.7 Å². The Labute approximate surface area is 192 Å². The zero-order chi connectivity index (χ0) is 22.1. The van der Waals surface area contributed by atoms with Gasteiger partial charge in [0, 0.05) is 17.0 Å². The van der Waals surface area contributed by atoms with E-state index in [1.807, 2.05) is 48.2 Å². The third-order valence-electron chi connectivity index (χ3n) is 4.74. The molecule has 0 radical (unpaired) electrons. The number of rotatable bonds is 10. The van der Waals surface area contributed by atoms with Crippen LogP contribution in [0.5, 0.6) is 5.75 Å². The molecule has 2 amide bonds. The quantitative estimate of drug-likeness (QED) is 0.368. The Morgan fingerprint density at radius 3 is 2.68 bits per heavy atom. The van der Waals surface area contributed by atoms with Crippen LogP contribution in [0.4, 0.5) is 5.69 Å². The van der Waals surface area contributed by atoms with Crippen LogP contribution in [0.3, 0.4) is 0 Å². The van der Waals surface area contributed by atoms with Crippen molar-refractivity contribution in [1.82, 2.24) is 5.32 Å². The smallest absolute Gasteiger partial charge is 0.262 e. The molecule has 1 aliphatic heterocycles. The van der Waals surface area contributed by atoms with Crippen LogP contribution >= 0.6 is 23.5 Å². The molecule has 0 fully saturated rings. The fourth-order valence-corrected chi connectivity index (χ4v) is 4.96. The number of methoxy groups -OCH3 is 1. The highest BCUT2D eigenvalue weighted by molar-refractivity contribution is 8.04. The van der Waals surface area contributed by atoms with E-state index in [4.69, 9.17) is 4.74 Å². The molecule has 7 heteroatoms. The van der Waals surface area contributed by atoms with Gasteiger partial charge in [-0.25, -0.2) is 0 Å². The largest absolute Gasteiger partial charge is 0.497 e. The van der Waals surface area contributed by atoms with Gasteiger partial charge >= 0.3 is 0 Å². The Morgan fingerprint density at radius 2 is 1.94 bits per heavy atom. The highest BCUT2D eigenvalue weighted by Crippen LogP contribution is 2.39. The lowest BCUT2D eigenvalue weighted by Crippen LogP contribution is -2.25. The number of ether oxygens (including phenoxy) is 1. The van der Waals surface area contributed by atoms with Gasteiger partial charge in [0.1, 0.15) is 5.75 Å². The number of fused-ring (bicyclic) bond motifs is 1. The number of amides is 2. The van der Waals surface area contributed by atoms with Crippen LogP contribution in [-0.2, 0) is 4.79 Å². The Balaban J connectivity index is 1.57. The van der Waals surface area contributed by atoms with Crippen LogP contribution in [0.25, 0.3) is 6.08 Å². The van der Waals surface area contributed by atoms with Gasteiger partial charge in [-0.05, 0) is 66.3 Å². The number of carbonyl (C=O) groups is 2. The monoisotopic (exact) mass is 456 g/mol. The Hall–Kier alpha value is -2.38. The fourth-order valence-electron chi connectivity index (χ4n) is 2.98. The van der Waals surface area contributed by atoms with Crippen LogP contribution in [0.2, 0.25) is 0 Å². The standard InChI is InChI=1S/C24H28N2O3S2/c1-3-4-13-30-14-5-12-25-23(27)18-8-11-21-20(16-18)26-24(28)22(31-21)15-17-6-9-19(29-2)10-7-17/h6-11,15-16H,3-5,12-14H2,1-2H3,(H,25,27)(H,26,28). The Kier molecular flexibility index (Phi) is 8.91. The first-order valence-corrected chi connectivity index (χ1v) is 12.4. The number of anilines is 1. The third-order valence-corrected chi connectivity index (χ3v) is 6.99. The van der Waals surface area contributed by atoms with Gasteiger partial charge in [0.05, 0.1) is 17.7 Å². The molecule has 0 unspecified atom stereocenters. The second-order valence-electron chi connectivity index (χ2n) is 7.12. The molecule has 1 aliphatic rings. The van der Waals surface area contributed by atoms with Crippen molar-refractivity contribution in [3.05, 3.63) is 58.5 Å². The molecule has 0 aromatic heterocycles. The molecule has 2 N–H and O–H groups in total. The molecule has 164 valence electrons. The zero-order valence-electron chi connectivity index (χ0n) is 17.9. The summed E-state index contributed by atoms with van der Waals surface area (Å²) in [6, 6.07) is 13.0. The van der Waals surface area contributed by atoms with Crippen molar-refractivity contribution in [3.8, 4) is 5.75 Å². The minimum Gasteiger partial charge on any atom is -0.497 e. The van der Waals surface area contributed by atoms with Crippen molar-refractivity contribution in [1.29, 1.82) is 0 Å². The number of carbonyl (C=O) groups excluding carboxylic acids is 2. The lowest BCUT2D eigenvalue weighted by Gasteiger charge is -2.19. The van der Waals surface area contributed by atoms with Crippen molar-refractivity contribution in [2.45, 2.75) is 31.1 Å². The third kappa shape index (κ3) is 6.80. The average Bonchev–Trinajstić information content (AvgIpc) is 2.79. The maximum absolute atomic E-state index is 12.6. The van der Waals surface area contributed by atoms with Gasteiger partial charge < -0.3 is 15.4 Å². The number of hydrogen-bond acceptors (Lipinski definition) is 5. The maximum atomic E-state index is 12.6. The predicted octanol–water partition coefficient (Wildman–Crippen LogP) is 5.43. The highest BCUT2D eigenvalue weighted by atomic mass is 32.2. The van der Waals surface area contributed by atoms with Crippen molar-refractivity contribution in [2.24, 2.45) is 0 Å². The predicted molar refractivity (Wildman–Crippen MR) is 131 cm³/mol. The van der Waals surface area contributed by atoms with E-state index in [-0.39, 0.29) is 11.8 Å². The molecule has 31 heavy (non-hydrogen) atoms.